The number of likely N-dealkylation sites (N-methyl/N-ethyl adjacent to an activating group) is 1. The second-order valence-electron chi connectivity index (χ2n) is 5.16. The molecule has 0 aliphatic heterocycles. The number of carboxylic acids is 1. The number of nitrogens with zero attached hydrogens (tertiary/aromatic N) is 1. The van der Waals surface area contributed by atoms with Crippen LogP contribution in [-0.2, 0) is 9.59 Å². The van der Waals surface area contributed by atoms with Gasteiger partial charge in [0.25, 0.3) is 0 Å². The van der Waals surface area contributed by atoms with E-state index in [-0.39, 0.29) is 11.2 Å². The Morgan fingerprint density at radius 1 is 1.33 bits per heavy atom. The van der Waals surface area contributed by atoms with Gasteiger partial charge in [-0.05, 0) is 52.0 Å². The van der Waals surface area contributed by atoms with Crippen LogP contribution >= 0.6 is 23.4 Å². The Morgan fingerprint density at radius 3 is 2.29 bits per heavy atom. The van der Waals surface area contributed by atoms with Crippen LogP contribution in [0.2, 0.25) is 5.02 Å². The number of carbonyl (C=O) groups excluding carboxylic acids is 1. The quantitative estimate of drug-likeness (QED) is 0.811. The molecule has 1 amide bonds. The van der Waals surface area contributed by atoms with Gasteiger partial charge in [0.2, 0.25) is 5.91 Å². The van der Waals surface area contributed by atoms with Crippen molar-refractivity contribution in [3.05, 3.63) is 29.3 Å². The van der Waals surface area contributed by atoms with Crippen molar-refractivity contribution < 1.29 is 14.7 Å². The summed E-state index contributed by atoms with van der Waals surface area (Å²) in [5.74, 6) is -1.20. The van der Waals surface area contributed by atoms with E-state index in [2.05, 4.69) is 0 Å². The van der Waals surface area contributed by atoms with Crippen LogP contribution in [0.4, 0.5) is 0 Å². The van der Waals surface area contributed by atoms with Gasteiger partial charge < -0.3 is 10.0 Å². The molecule has 6 heteroatoms. The lowest BCUT2D eigenvalue weighted by Crippen LogP contribution is -2.54. The van der Waals surface area contributed by atoms with Gasteiger partial charge in [0, 0.05) is 16.5 Å². The summed E-state index contributed by atoms with van der Waals surface area (Å²) in [5.41, 5.74) is -1.22. The average molecular weight is 330 g/mol. The van der Waals surface area contributed by atoms with E-state index >= 15 is 0 Å². The van der Waals surface area contributed by atoms with Crippen LogP contribution in [0.25, 0.3) is 0 Å². The molecule has 0 spiro atoms. The van der Waals surface area contributed by atoms with Gasteiger partial charge in [-0.3, -0.25) is 4.79 Å². The summed E-state index contributed by atoms with van der Waals surface area (Å²) < 4.78 is 0. The van der Waals surface area contributed by atoms with E-state index in [0.29, 0.717) is 11.6 Å². The molecule has 0 aliphatic rings. The van der Waals surface area contributed by atoms with Gasteiger partial charge in [-0.2, -0.15) is 0 Å². The van der Waals surface area contributed by atoms with Gasteiger partial charge in [-0.1, -0.05) is 11.6 Å². The Kier molecular flexibility index (Phi) is 6.10. The fourth-order valence-electron chi connectivity index (χ4n) is 1.93. The number of benzene rings is 1. The summed E-state index contributed by atoms with van der Waals surface area (Å²) in [6.45, 7) is 6.99. The third kappa shape index (κ3) is 4.38. The third-order valence-electron chi connectivity index (χ3n) is 3.25. The molecule has 1 aromatic rings. The number of thioether (sulfide) groups is 1. The lowest BCUT2D eigenvalue weighted by atomic mass is 10.0. The SMILES string of the molecule is CCN(C(=O)C(C)Sc1ccc(Cl)cc1)C(C)(C)C(=O)O. The number of carbonyl (C=O) groups is 2. The first-order valence-electron chi connectivity index (χ1n) is 6.67. The molecule has 1 rings (SSSR count). The number of hydrogen-bond donors (Lipinski definition) is 1. The smallest absolute Gasteiger partial charge is 0.329 e. The number of halogens is 1. The van der Waals surface area contributed by atoms with Crippen LogP contribution in [0.3, 0.4) is 0 Å². The van der Waals surface area contributed by atoms with Gasteiger partial charge >= 0.3 is 5.97 Å². The molecule has 0 bridgehead atoms. The first-order chi connectivity index (χ1) is 9.70. The van der Waals surface area contributed by atoms with E-state index in [4.69, 9.17) is 11.6 Å². The number of hydrogen-bond acceptors (Lipinski definition) is 3. The van der Waals surface area contributed by atoms with Crippen LogP contribution in [0.1, 0.15) is 27.7 Å². The van der Waals surface area contributed by atoms with Crippen molar-refractivity contribution in [2.24, 2.45) is 0 Å². The van der Waals surface area contributed by atoms with E-state index in [0.717, 1.165) is 4.90 Å². The number of aliphatic carboxylic acids is 1. The summed E-state index contributed by atoms with van der Waals surface area (Å²) in [6.07, 6.45) is 0. The Bertz CT molecular complexity index is 516. The molecule has 1 atom stereocenters. The highest BCUT2D eigenvalue weighted by Gasteiger charge is 2.38. The molecular weight excluding hydrogens is 310 g/mol. The van der Waals surface area contributed by atoms with E-state index in [1.165, 1.54) is 30.5 Å². The Labute approximate surface area is 134 Å². The zero-order valence-electron chi connectivity index (χ0n) is 12.6. The van der Waals surface area contributed by atoms with Crippen molar-refractivity contribution in [3.8, 4) is 0 Å². The molecule has 0 saturated carbocycles. The van der Waals surface area contributed by atoms with Gasteiger partial charge in [0.05, 0.1) is 5.25 Å². The van der Waals surface area contributed by atoms with Crippen LogP contribution in [0.15, 0.2) is 29.2 Å². The lowest BCUT2D eigenvalue weighted by molar-refractivity contribution is -0.156. The van der Waals surface area contributed by atoms with E-state index in [1.807, 2.05) is 12.1 Å². The molecule has 1 N–H and O–H groups in total. The molecule has 0 aromatic heterocycles. The van der Waals surface area contributed by atoms with Crippen molar-refractivity contribution in [2.75, 3.05) is 6.54 Å². The van der Waals surface area contributed by atoms with Gasteiger partial charge in [-0.25, -0.2) is 4.79 Å². The number of carboxylic acid groups (broad SMARTS) is 1. The maximum absolute atomic E-state index is 12.5. The highest BCUT2D eigenvalue weighted by Crippen LogP contribution is 2.27. The molecule has 0 fully saturated rings. The van der Waals surface area contributed by atoms with Gasteiger partial charge in [-0.15, -0.1) is 11.8 Å². The fourth-order valence-corrected chi connectivity index (χ4v) is 2.98. The van der Waals surface area contributed by atoms with Crippen molar-refractivity contribution in [3.63, 3.8) is 0 Å². The Morgan fingerprint density at radius 2 is 1.86 bits per heavy atom. The standard InChI is InChI=1S/C15H20ClNO3S/c1-5-17(15(3,4)14(19)20)13(18)10(2)21-12-8-6-11(16)7-9-12/h6-10H,5H2,1-4H3,(H,19,20). The van der Waals surface area contributed by atoms with E-state index in [1.54, 1.807) is 26.0 Å². The van der Waals surface area contributed by atoms with Gasteiger partial charge in [0.15, 0.2) is 0 Å². The largest absolute Gasteiger partial charge is 0.480 e. The molecule has 1 aromatic carbocycles. The molecule has 0 saturated heterocycles. The molecule has 0 aliphatic carbocycles. The second-order valence-corrected chi connectivity index (χ2v) is 7.01. The molecular formula is C15H20ClNO3S. The van der Waals surface area contributed by atoms with Crippen molar-refractivity contribution >= 4 is 35.2 Å². The molecule has 116 valence electrons. The van der Waals surface area contributed by atoms with Crippen molar-refractivity contribution in [1.29, 1.82) is 0 Å². The predicted molar refractivity (Wildman–Crippen MR) is 85.9 cm³/mol. The highest BCUT2D eigenvalue weighted by molar-refractivity contribution is 8.00. The summed E-state index contributed by atoms with van der Waals surface area (Å²) in [4.78, 5) is 26.2. The molecule has 21 heavy (non-hydrogen) atoms. The van der Waals surface area contributed by atoms with E-state index < -0.39 is 11.5 Å². The van der Waals surface area contributed by atoms with Crippen molar-refractivity contribution in [2.45, 2.75) is 43.4 Å². The maximum atomic E-state index is 12.5. The van der Waals surface area contributed by atoms with E-state index in [9.17, 15) is 14.7 Å². The Balaban J connectivity index is 2.85. The molecule has 4 nitrogen and oxygen atoms in total. The fraction of sp³-hybridized carbons (Fsp3) is 0.467. The first kappa shape index (κ1) is 17.9. The minimum absolute atomic E-state index is 0.190. The molecule has 0 heterocycles. The van der Waals surface area contributed by atoms with Gasteiger partial charge in [0.1, 0.15) is 5.54 Å². The minimum Gasteiger partial charge on any atom is -0.480 e. The van der Waals surface area contributed by atoms with Crippen LogP contribution in [0.5, 0.6) is 0 Å². The summed E-state index contributed by atoms with van der Waals surface area (Å²) >= 11 is 7.22. The first-order valence-corrected chi connectivity index (χ1v) is 7.93. The second kappa shape index (κ2) is 7.18. The monoisotopic (exact) mass is 329 g/mol. The number of rotatable bonds is 6. The van der Waals surface area contributed by atoms with Crippen LogP contribution in [0, 0.1) is 0 Å². The van der Waals surface area contributed by atoms with Crippen LogP contribution in [-0.4, -0.2) is 39.2 Å². The maximum Gasteiger partial charge on any atom is 0.329 e. The topological polar surface area (TPSA) is 57.6 Å². The number of amides is 1. The van der Waals surface area contributed by atoms with Crippen molar-refractivity contribution in [1.82, 2.24) is 4.90 Å². The normalized spacial score (nSPS) is 12.8. The van der Waals surface area contributed by atoms with Crippen LogP contribution < -0.4 is 0 Å². The summed E-state index contributed by atoms with van der Waals surface area (Å²) in [5, 5.41) is 9.55. The third-order valence-corrected chi connectivity index (χ3v) is 4.61. The summed E-state index contributed by atoms with van der Waals surface area (Å²) in [6, 6.07) is 7.21. The predicted octanol–water partition coefficient (Wildman–Crippen LogP) is 3.53. The lowest BCUT2D eigenvalue weighted by Gasteiger charge is -2.35. The summed E-state index contributed by atoms with van der Waals surface area (Å²) in [7, 11) is 0. The zero-order chi connectivity index (χ0) is 16.2. The molecule has 1 unspecified atom stereocenters. The highest BCUT2D eigenvalue weighted by atomic mass is 35.5. The minimum atomic E-state index is -1.22. The molecule has 0 radical (unpaired) electrons. The Hall–Kier alpha value is -1.20. The average Bonchev–Trinajstić information content (AvgIpc) is 2.41. The zero-order valence-corrected chi connectivity index (χ0v) is 14.2.